The molecule has 0 bridgehead atoms. The highest BCUT2D eigenvalue weighted by atomic mass is 16.5. The Kier molecular flexibility index (Phi) is 2.03. The van der Waals surface area contributed by atoms with E-state index in [2.05, 4.69) is 25.2 Å². The number of hydrogen-bond donors (Lipinski definition) is 1. The molecule has 0 radical (unpaired) electrons. The molecule has 1 aromatic rings. The number of carbonyl (C=O) groups is 1. The normalized spacial score (nSPS) is 29.6. The molecule has 0 aliphatic carbocycles. The zero-order valence-electron chi connectivity index (χ0n) is 10.2. The molecule has 1 aromatic carbocycles. The minimum atomic E-state index is -0.208. The Morgan fingerprint density at radius 3 is 2.76 bits per heavy atom. The van der Waals surface area contributed by atoms with Crippen LogP contribution in [-0.4, -0.2) is 18.1 Å². The number of nitrogens with one attached hydrogen (secondary N) is 1. The molecule has 3 rings (SSSR count). The van der Waals surface area contributed by atoms with Gasteiger partial charge in [0.2, 0.25) is 5.91 Å². The lowest BCUT2D eigenvalue weighted by molar-refractivity contribution is -0.119. The first kappa shape index (κ1) is 10.6. The van der Waals surface area contributed by atoms with Gasteiger partial charge in [0.05, 0.1) is 0 Å². The van der Waals surface area contributed by atoms with E-state index in [1.807, 2.05) is 18.2 Å². The van der Waals surface area contributed by atoms with Crippen LogP contribution in [0.2, 0.25) is 0 Å². The smallest absolute Gasteiger partial charge is 0.220 e. The number of benzene rings is 1. The van der Waals surface area contributed by atoms with Crippen molar-refractivity contribution in [2.45, 2.75) is 37.7 Å². The average molecular weight is 231 g/mol. The fourth-order valence-corrected chi connectivity index (χ4v) is 3.25. The van der Waals surface area contributed by atoms with Gasteiger partial charge in [-0.1, -0.05) is 18.2 Å². The summed E-state index contributed by atoms with van der Waals surface area (Å²) in [6.07, 6.45) is 1.46. The van der Waals surface area contributed by atoms with Crippen molar-refractivity contribution >= 4 is 5.91 Å². The lowest BCUT2D eigenvalue weighted by Crippen LogP contribution is -2.45. The van der Waals surface area contributed by atoms with Gasteiger partial charge >= 0.3 is 0 Å². The molecule has 1 atom stereocenters. The van der Waals surface area contributed by atoms with Gasteiger partial charge in [-0.2, -0.15) is 0 Å². The molecule has 1 amide bonds. The fourth-order valence-electron chi connectivity index (χ4n) is 3.25. The lowest BCUT2D eigenvalue weighted by Gasteiger charge is -2.43. The first-order valence-electron chi connectivity index (χ1n) is 6.06. The number of carbonyl (C=O) groups excluding carboxylic acids is 1. The highest BCUT2D eigenvalue weighted by molar-refractivity contribution is 5.81. The van der Waals surface area contributed by atoms with E-state index in [0.29, 0.717) is 6.42 Å². The van der Waals surface area contributed by atoms with Crippen LogP contribution in [0, 0.1) is 0 Å². The van der Waals surface area contributed by atoms with Gasteiger partial charge in [-0.25, -0.2) is 0 Å². The van der Waals surface area contributed by atoms with E-state index < -0.39 is 0 Å². The highest BCUT2D eigenvalue weighted by Crippen LogP contribution is 2.48. The SMILES string of the molecule is CC1(C)CC2(CNC(=O)C2)c2ccccc2O1. The van der Waals surface area contributed by atoms with Crippen molar-refractivity contribution < 1.29 is 9.53 Å². The monoisotopic (exact) mass is 231 g/mol. The van der Waals surface area contributed by atoms with Crippen molar-refractivity contribution in [1.29, 1.82) is 0 Å². The van der Waals surface area contributed by atoms with Crippen molar-refractivity contribution in [3.8, 4) is 5.75 Å². The van der Waals surface area contributed by atoms with Crippen LogP contribution < -0.4 is 10.1 Å². The molecule has 1 fully saturated rings. The number of ether oxygens (including phenoxy) is 1. The summed E-state index contributed by atoms with van der Waals surface area (Å²) >= 11 is 0. The Morgan fingerprint density at radius 2 is 2.06 bits per heavy atom. The number of fused-ring (bicyclic) bond motifs is 2. The van der Waals surface area contributed by atoms with Crippen LogP contribution in [0.1, 0.15) is 32.3 Å². The maximum Gasteiger partial charge on any atom is 0.220 e. The van der Waals surface area contributed by atoms with E-state index in [-0.39, 0.29) is 16.9 Å². The first-order chi connectivity index (χ1) is 8.01. The van der Waals surface area contributed by atoms with Crippen LogP contribution in [0.4, 0.5) is 0 Å². The molecule has 3 nitrogen and oxygen atoms in total. The summed E-state index contributed by atoms with van der Waals surface area (Å²) in [5, 5.41) is 2.96. The van der Waals surface area contributed by atoms with Crippen molar-refractivity contribution in [3.05, 3.63) is 29.8 Å². The molecule has 90 valence electrons. The van der Waals surface area contributed by atoms with Crippen LogP contribution in [0.15, 0.2) is 24.3 Å². The van der Waals surface area contributed by atoms with E-state index >= 15 is 0 Å². The number of amides is 1. The molecule has 17 heavy (non-hydrogen) atoms. The summed E-state index contributed by atoms with van der Waals surface area (Å²) in [4.78, 5) is 11.6. The van der Waals surface area contributed by atoms with Gasteiger partial charge < -0.3 is 10.1 Å². The minimum Gasteiger partial charge on any atom is -0.488 e. The molecule has 0 saturated carbocycles. The third kappa shape index (κ3) is 1.61. The Hall–Kier alpha value is -1.51. The number of para-hydroxylation sites is 1. The van der Waals surface area contributed by atoms with E-state index in [0.717, 1.165) is 18.7 Å². The summed E-state index contributed by atoms with van der Waals surface area (Å²) in [6, 6.07) is 8.09. The van der Waals surface area contributed by atoms with Crippen LogP contribution in [-0.2, 0) is 10.2 Å². The third-order valence-corrected chi connectivity index (χ3v) is 3.73. The van der Waals surface area contributed by atoms with Gasteiger partial charge in [0.25, 0.3) is 0 Å². The maximum absolute atomic E-state index is 11.6. The van der Waals surface area contributed by atoms with Crippen LogP contribution >= 0.6 is 0 Å². The second-order valence-corrected chi connectivity index (χ2v) is 5.77. The molecular formula is C14H17NO2. The fraction of sp³-hybridized carbons (Fsp3) is 0.500. The maximum atomic E-state index is 11.6. The van der Waals surface area contributed by atoms with Crippen molar-refractivity contribution in [1.82, 2.24) is 5.32 Å². The summed E-state index contributed by atoms with van der Waals surface area (Å²) in [5.74, 6) is 1.08. The van der Waals surface area contributed by atoms with Crippen molar-refractivity contribution in [3.63, 3.8) is 0 Å². The molecule has 1 saturated heterocycles. The number of rotatable bonds is 0. The predicted molar refractivity (Wildman–Crippen MR) is 65.1 cm³/mol. The van der Waals surface area contributed by atoms with Crippen LogP contribution in [0.5, 0.6) is 5.75 Å². The van der Waals surface area contributed by atoms with E-state index in [1.165, 1.54) is 5.56 Å². The second-order valence-electron chi connectivity index (χ2n) is 5.77. The van der Waals surface area contributed by atoms with E-state index in [4.69, 9.17) is 4.74 Å². The molecule has 0 aromatic heterocycles. The molecule has 1 unspecified atom stereocenters. The largest absolute Gasteiger partial charge is 0.488 e. The van der Waals surface area contributed by atoms with E-state index in [9.17, 15) is 4.79 Å². The van der Waals surface area contributed by atoms with Crippen molar-refractivity contribution in [2.75, 3.05) is 6.54 Å². The molecule has 2 heterocycles. The Labute approximate surface area is 101 Å². The summed E-state index contributed by atoms with van der Waals surface area (Å²) in [7, 11) is 0. The predicted octanol–water partition coefficient (Wildman–Crippen LogP) is 2.01. The molecule has 2 aliphatic rings. The summed E-state index contributed by atoms with van der Waals surface area (Å²) in [5.41, 5.74) is 0.897. The Balaban J connectivity index is 2.13. The second kappa shape index (κ2) is 3.25. The van der Waals surface area contributed by atoms with Gasteiger partial charge in [-0.15, -0.1) is 0 Å². The zero-order valence-corrected chi connectivity index (χ0v) is 10.2. The molecule has 1 spiro atoms. The van der Waals surface area contributed by atoms with Crippen LogP contribution in [0.25, 0.3) is 0 Å². The van der Waals surface area contributed by atoms with Gasteiger partial charge in [0.1, 0.15) is 11.4 Å². The highest BCUT2D eigenvalue weighted by Gasteiger charge is 2.49. The van der Waals surface area contributed by atoms with Gasteiger partial charge in [0, 0.05) is 23.9 Å². The van der Waals surface area contributed by atoms with Crippen LogP contribution in [0.3, 0.4) is 0 Å². The molecular weight excluding hydrogens is 214 g/mol. The topological polar surface area (TPSA) is 38.3 Å². The van der Waals surface area contributed by atoms with E-state index in [1.54, 1.807) is 0 Å². The standard InChI is InChI=1S/C14H17NO2/c1-13(2)8-14(7-12(16)15-9-14)10-5-3-4-6-11(10)17-13/h3-6H,7-9H2,1-2H3,(H,15,16). The third-order valence-electron chi connectivity index (χ3n) is 3.73. The average Bonchev–Trinajstić information content (AvgIpc) is 2.59. The van der Waals surface area contributed by atoms with Crippen molar-refractivity contribution in [2.24, 2.45) is 0 Å². The summed E-state index contributed by atoms with van der Waals surface area (Å²) in [6.45, 7) is 4.91. The quantitative estimate of drug-likeness (QED) is 0.741. The molecule has 1 N–H and O–H groups in total. The Bertz CT molecular complexity index is 481. The first-order valence-corrected chi connectivity index (χ1v) is 6.06. The zero-order chi connectivity index (χ0) is 12.1. The Morgan fingerprint density at radius 1 is 1.29 bits per heavy atom. The van der Waals surface area contributed by atoms with Gasteiger partial charge in [-0.05, 0) is 26.3 Å². The van der Waals surface area contributed by atoms with Gasteiger partial charge in [-0.3, -0.25) is 4.79 Å². The van der Waals surface area contributed by atoms with Gasteiger partial charge in [0.15, 0.2) is 0 Å². The summed E-state index contributed by atoms with van der Waals surface area (Å²) < 4.78 is 6.00. The number of hydrogen-bond acceptors (Lipinski definition) is 2. The molecule has 2 aliphatic heterocycles. The minimum absolute atomic E-state index is 0.0740. The lowest BCUT2D eigenvalue weighted by atomic mass is 9.70. The molecule has 3 heteroatoms.